The summed E-state index contributed by atoms with van der Waals surface area (Å²) in [6.45, 7) is 0. The molecule has 2 N–H and O–H groups in total. The van der Waals surface area contributed by atoms with E-state index in [1.54, 1.807) is 6.07 Å². The van der Waals surface area contributed by atoms with Crippen molar-refractivity contribution in [1.29, 1.82) is 0 Å². The summed E-state index contributed by atoms with van der Waals surface area (Å²) in [7, 11) is -4.61. The van der Waals surface area contributed by atoms with E-state index >= 15 is 0 Å². The van der Waals surface area contributed by atoms with Crippen LogP contribution in [0, 0.1) is 0 Å². The second kappa shape index (κ2) is 6.63. The summed E-state index contributed by atoms with van der Waals surface area (Å²) >= 11 is 0. The van der Waals surface area contributed by atoms with Crippen molar-refractivity contribution in [3.63, 3.8) is 0 Å². The quantitative estimate of drug-likeness (QED) is 0.468. The minimum absolute atomic E-state index is 0.0590. The molecule has 0 unspecified atom stereocenters. The first kappa shape index (κ1) is 18.8. The molecular formula is C17H11F3N2O4S. The summed E-state index contributed by atoms with van der Waals surface area (Å²) in [6.07, 6.45) is -4.49. The van der Waals surface area contributed by atoms with Crippen LogP contribution in [0.4, 0.5) is 24.5 Å². The summed E-state index contributed by atoms with van der Waals surface area (Å²) in [5.41, 5.74) is -1.03. The van der Waals surface area contributed by atoms with Gasteiger partial charge < -0.3 is 5.11 Å². The number of fused-ring (bicyclic) bond motifs is 1. The first-order valence-electron chi connectivity index (χ1n) is 7.38. The Morgan fingerprint density at radius 2 is 1.56 bits per heavy atom. The number of rotatable bonds is 3. The lowest BCUT2D eigenvalue weighted by molar-refractivity contribution is -0.137. The summed E-state index contributed by atoms with van der Waals surface area (Å²) < 4.78 is 70.4. The van der Waals surface area contributed by atoms with Crippen LogP contribution in [0.1, 0.15) is 5.56 Å². The Kier molecular flexibility index (Phi) is 4.62. The third-order valence-electron chi connectivity index (χ3n) is 3.70. The highest BCUT2D eigenvalue weighted by atomic mass is 32.2. The van der Waals surface area contributed by atoms with Crippen molar-refractivity contribution in [2.45, 2.75) is 11.1 Å². The van der Waals surface area contributed by atoms with Gasteiger partial charge in [-0.25, -0.2) is 0 Å². The van der Waals surface area contributed by atoms with Crippen LogP contribution < -0.4 is 0 Å². The van der Waals surface area contributed by atoms with Crippen LogP contribution in [0.15, 0.2) is 69.7 Å². The van der Waals surface area contributed by atoms with Gasteiger partial charge >= 0.3 is 6.18 Å². The van der Waals surface area contributed by atoms with Gasteiger partial charge in [-0.1, -0.05) is 18.2 Å². The van der Waals surface area contributed by atoms with Crippen molar-refractivity contribution in [2.75, 3.05) is 0 Å². The van der Waals surface area contributed by atoms with Crippen molar-refractivity contribution < 1.29 is 31.2 Å². The highest BCUT2D eigenvalue weighted by Crippen LogP contribution is 2.39. The predicted octanol–water partition coefficient (Wildman–Crippen LogP) is 5.23. The fourth-order valence-corrected chi connectivity index (χ4v) is 3.18. The molecule has 0 atom stereocenters. The first-order chi connectivity index (χ1) is 12.6. The van der Waals surface area contributed by atoms with Crippen LogP contribution in [0.2, 0.25) is 0 Å². The third-order valence-corrected chi connectivity index (χ3v) is 4.59. The molecule has 0 saturated carbocycles. The zero-order chi connectivity index (χ0) is 19.8. The van der Waals surface area contributed by atoms with Gasteiger partial charge in [0.25, 0.3) is 10.1 Å². The van der Waals surface area contributed by atoms with E-state index in [1.165, 1.54) is 18.2 Å². The SMILES string of the molecule is O=S(=O)(O)c1cccc2ccc(O)c(N=Nc3ccc(C(F)(F)F)cc3)c12. The standard InChI is InChI=1S/C17H11F3N2O4S/c18-17(19,20)11-5-7-12(8-6-11)21-22-16-13(23)9-4-10-2-1-3-14(15(10)16)27(24,25)26/h1-9,23H,(H,24,25,26). The van der Waals surface area contributed by atoms with Crippen molar-refractivity contribution >= 4 is 32.3 Å². The number of azo groups is 1. The van der Waals surface area contributed by atoms with Gasteiger partial charge in [-0.15, -0.1) is 5.11 Å². The molecule has 6 nitrogen and oxygen atoms in total. The summed E-state index contributed by atoms with van der Waals surface area (Å²) in [5, 5.41) is 17.9. The molecule has 0 aliphatic rings. The Morgan fingerprint density at radius 3 is 2.15 bits per heavy atom. The third kappa shape index (κ3) is 3.91. The molecule has 0 saturated heterocycles. The number of nitrogens with zero attached hydrogens (tertiary/aromatic N) is 2. The lowest BCUT2D eigenvalue weighted by Crippen LogP contribution is -2.03. The zero-order valence-electron chi connectivity index (χ0n) is 13.3. The maximum Gasteiger partial charge on any atom is 0.416 e. The van der Waals surface area contributed by atoms with Gasteiger partial charge in [-0.3, -0.25) is 4.55 Å². The van der Waals surface area contributed by atoms with Crippen LogP contribution in [0.3, 0.4) is 0 Å². The van der Waals surface area contributed by atoms with Crippen LogP contribution in [-0.2, 0) is 16.3 Å². The van der Waals surface area contributed by atoms with Gasteiger partial charge in [0.15, 0.2) is 0 Å². The van der Waals surface area contributed by atoms with E-state index in [0.29, 0.717) is 5.39 Å². The molecule has 0 radical (unpaired) electrons. The smallest absolute Gasteiger partial charge is 0.416 e. The number of alkyl halides is 3. The number of hydrogen-bond donors (Lipinski definition) is 2. The number of aromatic hydroxyl groups is 1. The maximum absolute atomic E-state index is 12.6. The Bertz CT molecular complexity index is 1140. The molecular weight excluding hydrogens is 385 g/mol. The minimum Gasteiger partial charge on any atom is -0.506 e. The van der Waals surface area contributed by atoms with E-state index in [0.717, 1.165) is 30.3 Å². The molecule has 0 fully saturated rings. The highest BCUT2D eigenvalue weighted by Gasteiger charge is 2.29. The molecule has 3 aromatic rings. The van der Waals surface area contributed by atoms with E-state index < -0.39 is 32.5 Å². The van der Waals surface area contributed by atoms with Crippen LogP contribution in [0.5, 0.6) is 5.75 Å². The fourth-order valence-electron chi connectivity index (χ4n) is 2.46. The van der Waals surface area contributed by atoms with Crippen LogP contribution in [-0.4, -0.2) is 18.1 Å². The predicted molar refractivity (Wildman–Crippen MR) is 91.0 cm³/mol. The number of benzene rings is 3. The second-order valence-electron chi connectivity index (χ2n) is 5.51. The van der Waals surface area contributed by atoms with Crippen molar-refractivity contribution in [2.24, 2.45) is 10.2 Å². The summed E-state index contributed by atoms with van der Waals surface area (Å²) in [6, 6.07) is 10.6. The van der Waals surface area contributed by atoms with E-state index in [1.807, 2.05) is 0 Å². The first-order valence-corrected chi connectivity index (χ1v) is 8.82. The average Bonchev–Trinajstić information content (AvgIpc) is 2.59. The molecule has 0 spiro atoms. The lowest BCUT2D eigenvalue weighted by atomic mass is 10.1. The van der Waals surface area contributed by atoms with Crippen molar-refractivity contribution in [3.8, 4) is 5.75 Å². The monoisotopic (exact) mass is 396 g/mol. The van der Waals surface area contributed by atoms with Crippen molar-refractivity contribution in [1.82, 2.24) is 0 Å². The van der Waals surface area contributed by atoms with Gasteiger partial charge in [0.2, 0.25) is 0 Å². The largest absolute Gasteiger partial charge is 0.506 e. The Hall–Kier alpha value is -2.98. The van der Waals surface area contributed by atoms with Crippen LogP contribution >= 0.6 is 0 Å². The Labute approximate surface area is 151 Å². The van der Waals surface area contributed by atoms with E-state index in [9.17, 15) is 31.2 Å². The molecule has 3 rings (SSSR count). The van der Waals surface area contributed by atoms with Gasteiger partial charge in [-0.2, -0.15) is 26.7 Å². The minimum atomic E-state index is -4.61. The Morgan fingerprint density at radius 1 is 0.889 bits per heavy atom. The second-order valence-corrected chi connectivity index (χ2v) is 6.90. The summed E-state index contributed by atoms with van der Waals surface area (Å²) in [4.78, 5) is -0.475. The van der Waals surface area contributed by atoms with Gasteiger partial charge in [0, 0.05) is 5.39 Å². The number of halogens is 3. The Balaban J connectivity index is 2.12. The molecule has 0 aliphatic heterocycles. The molecule has 0 amide bonds. The average molecular weight is 396 g/mol. The topological polar surface area (TPSA) is 99.3 Å². The summed E-state index contributed by atoms with van der Waals surface area (Å²) in [5.74, 6) is -0.408. The van der Waals surface area contributed by atoms with E-state index in [2.05, 4.69) is 10.2 Å². The fraction of sp³-hybridized carbons (Fsp3) is 0.0588. The number of phenols is 1. The van der Waals surface area contributed by atoms with Gasteiger partial charge in [-0.05, 0) is 41.8 Å². The lowest BCUT2D eigenvalue weighted by Gasteiger charge is -2.08. The molecule has 140 valence electrons. The van der Waals surface area contributed by atoms with Crippen LogP contribution in [0.25, 0.3) is 10.8 Å². The molecule has 0 heterocycles. The van der Waals surface area contributed by atoms with E-state index in [-0.39, 0.29) is 16.8 Å². The van der Waals surface area contributed by atoms with Gasteiger partial charge in [0.05, 0.1) is 11.3 Å². The molecule has 3 aromatic carbocycles. The van der Waals surface area contributed by atoms with E-state index in [4.69, 9.17) is 0 Å². The molecule has 0 aromatic heterocycles. The normalized spacial score (nSPS) is 12.7. The number of phenolic OH excluding ortho intramolecular Hbond substituents is 1. The van der Waals surface area contributed by atoms with Gasteiger partial charge in [0.1, 0.15) is 16.3 Å². The molecule has 0 bridgehead atoms. The highest BCUT2D eigenvalue weighted by molar-refractivity contribution is 7.86. The maximum atomic E-state index is 12.6. The molecule has 27 heavy (non-hydrogen) atoms. The molecule has 0 aliphatic carbocycles. The van der Waals surface area contributed by atoms with Crippen molar-refractivity contribution in [3.05, 3.63) is 60.2 Å². The number of hydrogen-bond acceptors (Lipinski definition) is 5. The molecule has 10 heteroatoms. The zero-order valence-corrected chi connectivity index (χ0v) is 14.2.